The smallest absolute Gasteiger partial charge is 0.325 e. The number of alkyl halides is 3. The van der Waals surface area contributed by atoms with Gasteiger partial charge in [-0.15, -0.1) is 0 Å². The fourth-order valence-electron chi connectivity index (χ4n) is 3.80. The lowest BCUT2D eigenvalue weighted by molar-refractivity contribution is -0.137. The van der Waals surface area contributed by atoms with Crippen LogP contribution < -0.4 is 5.32 Å². The Balaban J connectivity index is 1.50. The van der Waals surface area contributed by atoms with Gasteiger partial charge in [0.1, 0.15) is 6.54 Å². The molecule has 1 N–H and O–H groups in total. The molecule has 0 atom stereocenters. The largest absolute Gasteiger partial charge is 0.416 e. The van der Waals surface area contributed by atoms with E-state index < -0.39 is 35.3 Å². The number of carbonyl (C=O) groups excluding carboxylic acids is 3. The Morgan fingerprint density at radius 3 is 2.43 bits per heavy atom. The van der Waals surface area contributed by atoms with E-state index in [2.05, 4.69) is 5.32 Å². The van der Waals surface area contributed by atoms with Crippen LogP contribution in [0.15, 0.2) is 65.6 Å². The average Bonchev–Trinajstić information content (AvgIpc) is 3.23. The zero-order valence-electron chi connectivity index (χ0n) is 18.7. The van der Waals surface area contributed by atoms with Gasteiger partial charge in [-0.2, -0.15) is 13.2 Å². The number of amides is 3. The number of hydrogen-bond acceptors (Lipinski definition) is 4. The maximum Gasteiger partial charge on any atom is 0.416 e. The molecule has 0 radical (unpaired) electrons. The zero-order chi connectivity index (χ0) is 25.3. The number of anilines is 1. The van der Waals surface area contributed by atoms with Gasteiger partial charge in [0.25, 0.3) is 11.1 Å². The lowest BCUT2D eigenvalue weighted by Crippen LogP contribution is -2.36. The molecule has 0 bridgehead atoms. The van der Waals surface area contributed by atoms with Crippen LogP contribution in [-0.2, 0) is 15.8 Å². The van der Waals surface area contributed by atoms with E-state index in [9.17, 15) is 27.6 Å². The highest BCUT2D eigenvalue weighted by molar-refractivity contribution is 8.18. The molecule has 1 aromatic heterocycles. The first-order chi connectivity index (χ1) is 16.5. The van der Waals surface area contributed by atoms with Crippen LogP contribution in [0.3, 0.4) is 0 Å². The summed E-state index contributed by atoms with van der Waals surface area (Å²) in [5.41, 5.74) is 2.53. The van der Waals surface area contributed by atoms with Crippen molar-refractivity contribution in [2.24, 2.45) is 0 Å². The predicted octanol–water partition coefficient (Wildman–Crippen LogP) is 5.79. The molecule has 6 nitrogen and oxygen atoms in total. The van der Waals surface area contributed by atoms with Gasteiger partial charge < -0.3 is 9.88 Å². The van der Waals surface area contributed by atoms with Gasteiger partial charge in [-0.3, -0.25) is 19.3 Å². The Labute approximate surface area is 203 Å². The fourth-order valence-corrected chi connectivity index (χ4v) is 4.63. The van der Waals surface area contributed by atoms with Crippen LogP contribution in [0.1, 0.15) is 22.5 Å². The summed E-state index contributed by atoms with van der Waals surface area (Å²) < 4.78 is 40.7. The third kappa shape index (κ3) is 5.17. The van der Waals surface area contributed by atoms with E-state index in [1.54, 1.807) is 6.08 Å². The molecule has 2 heterocycles. The molecule has 35 heavy (non-hydrogen) atoms. The number of imide groups is 1. The van der Waals surface area contributed by atoms with Gasteiger partial charge in [0.2, 0.25) is 5.91 Å². The number of hydrogen-bond donors (Lipinski definition) is 1. The molecule has 10 heteroatoms. The summed E-state index contributed by atoms with van der Waals surface area (Å²) in [6, 6.07) is 15.7. The lowest BCUT2D eigenvalue weighted by atomic mass is 10.2. The summed E-state index contributed by atoms with van der Waals surface area (Å²) in [5.74, 6) is -1.42. The minimum absolute atomic E-state index is 0.0827. The Kier molecular flexibility index (Phi) is 6.58. The van der Waals surface area contributed by atoms with Gasteiger partial charge in [0.15, 0.2) is 0 Å². The summed E-state index contributed by atoms with van der Waals surface area (Å²) in [5, 5.41) is 1.68. The third-order valence-electron chi connectivity index (χ3n) is 5.42. The maximum absolute atomic E-state index is 12.9. The molecule has 1 fully saturated rings. The fraction of sp³-hybridized carbons (Fsp3) is 0.160. The van der Waals surface area contributed by atoms with Crippen LogP contribution in [0, 0.1) is 13.8 Å². The van der Waals surface area contributed by atoms with Crippen molar-refractivity contribution in [1.82, 2.24) is 9.47 Å². The van der Waals surface area contributed by atoms with Crippen LogP contribution in [0.2, 0.25) is 0 Å². The van der Waals surface area contributed by atoms with Crippen molar-refractivity contribution in [2.45, 2.75) is 20.0 Å². The number of carbonyl (C=O) groups is 3. The van der Waals surface area contributed by atoms with Gasteiger partial charge in [-0.25, -0.2) is 0 Å². The molecule has 1 aliphatic heterocycles. The molecule has 0 spiro atoms. The summed E-state index contributed by atoms with van der Waals surface area (Å²) >= 11 is 0.711. The Hall–Kier alpha value is -3.79. The van der Waals surface area contributed by atoms with E-state index in [1.807, 2.05) is 54.8 Å². The van der Waals surface area contributed by atoms with Crippen molar-refractivity contribution in [3.8, 4) is 5.69 Å². The molecule has 3 aromatic rings. The second-order valence-corrected chi connectivity index (χ2v) is 8.89. The summed E-state index contributed by atoms with van der Waals surface area (Å²) in [7, 11) is 0. The first kappa shape index (κ1) is 24.3. The van der Waals surface area contributed by atoms with Crippen LogP contribution in [0.25, 0.3) is 11.8 Å². The molecule has 1 aliphatic rings. The van der Waals surface area contributed by atoms with Crippen molar-refractivity contribution in [1.29, 1.82) is 0 Å². The quantitative estimate of drug-likeness (QED) is 0.451. The number of aromatic nitrogens is 1. The summed E-state index contributed by atoms with van der Waals surface area (Å²) in [6.07, 6.45) is -2.95. The number of benzene rings is 2. The number of nitrogens with zero attached hydrogens (tertiary/aromatic N) is 2. The first-order valence-electron chi connectivity index (χ1n) is 10.5. The van der Waals surface area contributed by atoms with E-state index in [-0.39, 0.29) is 10.6 Å². The van der Waals surface area contributed by atoms with Crippen LogP contribution in [0.5, 0.6) is 0 Å². The first-order valence-corrected chi connectivity index (χ1v) is 11.3. The van der Waals surface area contributed by atoms with E-state index in [1.165, 1.54) is 6.07 Å². The monoisotopic (exact) mass is 499 g/mol. The minimum atomic E-state index is -4.56. The molecule has 4 rings (SSSR count). The highest BCUT2D eigenvalue weighted by Crippen LogP contribution is 2.34. The highest BCUT2D eigenvalue weighted by Gasteiger charge is 2.37. The highest BCUT2D eigenvalue weighted by atomic mass is 32.2. The number of thioether (sulfide) groups is 1. The standard InChI is InChI=1S/C25H20F3N3O3S/c1-15-11-17(16(2)31(15)20-9-4-3-5-10-20)12-21-23(33)30(24(34)35-21)14-22(32)29-19-8-6-7-18(13-19)25(26,27)28/h3-13H,14H2,1-2H3,(H,29,32)/b21-12-. The Morgan fingerprint density at radius 1 is 1.03 bits per heavy atom. The van der Waals surface area contributed by atoms with Crippen LogP contribution in [0.4, 0.5) is 23.7 Å². The van der Waals surface area contributed by atoms with E-state index in [4.69, 9.17) is 0 Å². The van der Waals surface area contributed by atoms with Crippen LogP contribution >= 0.6 is 11.8 Å². The topological polar surface area (TPSA) is 71.4 Å². The molecule has 0 saturated carbocycles. The summed E-state index contributed by atoms with van der Waals surface area (Å²) in [6.45, 7) is 3.22. The number of nitrogens with one attached hydrogen (secondary N) is 1. The normalized spacial score (nSPS) is 15.2. The van der Waals surface area contributed by atoms with Crippen molar-refractivity contribution in [3.05, 3.63) is 88.1 Å². The van der Waals surface area contributed by atoms with E-state index in [0.717, 1.165) is 45.7 Å². The second kappa shape index (κ2) is 9.46. The molecule has 1 saturated heterocycles. The van der Waals surface area contributed by atoms with Gasteiger partial charge in [-0.05, 0) is 73.6 Å². The SMILES string of the molecule is Cc1cc(/C=C2\SC(=O)N(CC(=O)Nc3cccc(C(F)(F)F)c3)C2=O)c(C)n1-c1ccccc1. The molecule has 0 unspecified atom stereocenters. The Bertz CT molecular complexity index is 1350. The molecular weight excluding hydrogens is 479 g/mol. The average molecular weight is 500 g/mol. The van der Waals surface area contributed by atoms with Gasteiger partial charge in [0.05, 0.1) is 10.5 Å². The molecule has 0 aliphatic carbocycles. The summed E-state index contributed by atoms with van der Waals surface area (Å²) in [4.78, 5) is 38.6. The minimum Gasteiger partial charge on any atom is -0.325 e. The zero-order valence-corrected chi connectivity index (χ0v) is 19.5. The maximum atomic E-state index is 12.9. The van der Waals surface area contributed by atoms with Crippen molar-refractivity contribution >= 4 is 40.6 Å². The predicted molar refractivity (Wildman–Crippen MR) is 128 cm³/mol. The molecular formula is C25H20F3N3O3S. The van der Waals surface area contributed by atoms with E-state index in [0.29, 0.717) is 11.8 Å². The number of para-hydroxylation sites is 1. The van der Waals surface area contributed by atoms with Gasteiger partial charge in [-0.1, -0.05) is 24.3 Å². The molecule has 3 amide bonds. The van der Waals surface area contributed by atoms with Gasteiger partial charge in [0, 0.05) is 22.8 Å². The van der Waals surface area contributed by atoms with Crippen molar-refractivity contribution < 1.29 is 27.6 Å². The molecule has 180 valence electrons. The van der Waals surface area contributed by atoms with E-state index >= 15 is 0 Å². The van der Waals surface area contributed by atoms with Crippen LogP contribution in [-0.4, -0.2) is 33.1 Å². The third-order valence-corrected chi connectivity index (χ3v) is 6.33. The number of halogens is 3. The molecule has 2 aromatic carbocycles. The lowest BCUT2D eigenvalue weighted by Gasteiger charge is -2.13. The number of rotatable bonds is 5. The van der Waals surface area contributed by atoms with Gasteiger partial charge >= 0.3 is 6.18 Å². The second-order valence-electron chi connectivity index (χ2n) is 7.89. The number of aryl methyl sites for hydroxylation is 1. The van der Waals surface area contributed by atoms with Crippen molar-refractivity contribution in [3.63, 3.8) is 0 Å². The van der Waals surface area contributed by atoms with Crippen molar-refractivity contribution in [2.75, 3.05) is 11.9 Å². The Morgan fingerprint density at radius 2 is 1.74 bits per heavy atom.